The molecule has 2 heterocycles. The fraction of sp³-hybridized carbons (Fsp3) is 0.643. The Hall–Kier alpha value is -1.13. The zero-order valence-electron chi connectivity index (χ0n) is 10.7. The molecule has 0 saturated carbocycles. The van der Waals surface area contributed by atoms with Crippen LogP contribution in [0.2, 0.25) is 0 Å². The predicted octanol–water partition coefficient (Wildman–Crippen LogP) is 0.425. The maximum absolute atomic E-state index is 12.3. The number of nitrogens with one attached hydrogen (secondary N) is 2. The third-order valence-corrected chi connectivity index (χ3v) is 3.97. The molecule has 2 saturated heterocycles. The molecule has 1 atom stereocenters. The molecule has 0 aromatic rings. The summed E-state index contributed by atoms with van der Waals surface area (Å²) in [5.41, 5.74) is 0.882. The zero-order valence-corrected chi connectivity index (χ0v) is 10.7. The lowest BCUT2D eigenvalue weighted by molar-refractivity contribution is -0.125. The Balaban J connectivity index is 1.52. The lowest BCUT2D eigenvalue weighted by atomic mass is 10.1. The van der Waals surface area contributed by atoms with Gasteiger partial charge in [0.25, 0.3) is 5.91 Å². The molecule has 0 aromatic heterocycles. The second kappa shape index (κ2) is 5.24. The van der Waals surface area contributed by atoms with Crippen molar-refractivity contribution in [1.29, 1.82) is 0 Å². The molecule has 98 valence electrons. The van der Waals surface area contributed by atoms with Crippen LogP contribution >= 0.6 is 0 Å². The summed E-state index contributed by atoms with van der Waals surface area (Å²) >= 11 is 0. The molecular weight excluding hydrogens is 226 g/mol. The van der Waals surface area contributed by atoms with Crippen LogP contribution in [-0.2, 0) is 4.79 Å². The number of hydrogen-bond donors (Lipinski definition) is 2. The maximum atomic E-state index is 12.3. The predicted molar refractivity (Wildman–Crippen MR) is 71.2 cm³/mol. The van der Waals surface area contributed by atoms with Crippen molar-refractivity contribution in [3.8, 4) is 0 Å². The Morgan fingerprint density at radius 1 is 1.33 bits per heavy atom. The van der Waals surface area contributed by atoms with Gasteiger partial charge in [-0.2, -0.15) is 0 Å². The van der Waals surface area contributed by atoms with Crippen LogP contribution in [0.4, 0.5) is 0 Å². The van der Waals surface area contributed by atoms with Crippen molar-refractivity contribution in [2.45, 2.75) is 31.3 Å². The van der Waals surface area contributed by atoms with Crippen molar-refractivity contribution >= 4 is 5.91 Å². The number of rotatable bonds is 3. The first kappa shape index (κ1) is 11.9. The zero-order chi connectivity index (χ0) is 12.4. The normalized spacial score (nSPS) is 28.1. The van der Waals surface area contributed by atoms with Gasteiger partial charge in [-0.1, -0.05) is 18.2 Å². The minimum atomic E-state index is 0.210. The minimum Gasteiger partial charge on any atom is -0.337 e. The molecule has 2 aliphatic heterocycles. The largest absolute Gasteiger partial charge is 0.337 e. The van der Waals surface area contributed by atoms with E-state index in [4.69, 9.17) is 0 Å². The van der Waals surface area contributed by atoms with Gasteiger partial charge in [0, 0.05) is 43.8 Å². The van der Waals surface area contributed by atoms with Gasteiger partial charge in [0.2, 0.25) is 0 Å². The molecule has 4 heteroatoms. The number of carbonyl (C=O) groups is 1. The fourth-order valence-electron chi connectivity index (χ4n) is 2.78. The third kappa shape index (κ3) is 2.49. The molecule has 3 rings (SSSR count). The Morgan fingerprint density at radius 2 is 2.22 bits per heavy atom. The van der Waals surface area contributed by atoms with E-state index in [0.29, 0.717) is 12.1 Å². The van der Waals surface area contributed by atoms with Gasteiger partial charge in [0.15, 0.2) is 0 Å². The monoisotopic (exact) mass is 247 g/mol. The SMILES string of the molecule is O=C(C1=CCCC=C1)N1CC[C@H](NC2CNC2)C1. The molecule has 0 radical (unpaired) electrons. The Labute approximate surface area is 108 Å². The Kier molecular flexibility index (Phi) is 3.48. The van der Waals surface area contributed by atoms with Crippen LogP contribution < -0.4 is 10.6 Å². The van der Waals surface area contributed by atoms with E-state index in [0.717, 1.165) is 51.0 Å². The molecule has 3 aliphatic rings. The lowest BCUT2D eigenvalue weighted by Crippen LogP contribution is -2.58. The average molecular weight is 247 g/mol. The summed E-state index contributed by atoms with van der Waals surface area (Å²) < 4.78 is 0. The summed E-state index contributed by atoms with van der Waals surface area (Å²) in [5.74, 6) is 0.210. The van der Waals surface area contributed by atoms with E-state index >= 15 is 0 Å². The first-order valence-corrected chi connectivity index (χ1v) is 6.95. The standard InChI is InChI=1S/C14H21N3O/c18-14(11-4-2-1-3-5-11)17-7-6-12(10-17)16-13-8-15-9-13/h2,4-5,12-13,15-16H,1,3,6-10H2/t12-/m0/s1. The second-order valence-corrected chi connectivity index (χ2v) is 5.40. The highest BCUT2D eigenvalue weighted by molar-refractivity contribution is 5.96. The molecule has 2 fully saturated rings. The van der Waals surface area contributed by atoms with Gasteiger partial charge in [0.05, 0.1) is 0 Å². The number of hydrogen-bond acceptors (Lipinski definition) is 3. The minimum absolute atomic E-state index is 0.210. The van der Waals surface area contributed by atoms with Crippen molar-refractivity contribution in [2.75, 3.05) is 26.2 Å². The van der Waals surface area contributed by atoms with Gasteiger partial charge in [-0.15, -0.1) is 0 Å². The summed E-state index contributed by atoms with van der Waals surface area (Å²) in [7, 11) is 0. The quantitative estimate of drug-likeness (QED) is 0.760. The molecule has 2 N–H and O–H groups in total. The number of nitrogens with zero attached hydrogens (tertiary/aromatic N) is 1. The van der Waals surface area contributed by atoms with Crippen molar-refractivity contribution in [3.63, 3.8) is 0 Å². The molecule has 1 amide bonds. The number of amides is 1. The summed E-state index contributed by atoms with van der Waals surface area (Å²) in [6.07, 6.45) is 9.29. The average Bonchev–Trinajstić information content (AvgIpc) is 2.83. The van der Waals surface area contributed by atoms with Crippen molar-refractivity contribution in [3.05, 3.63) is 23.8 Å². The van der Waals surface area contributed by atoms with E-state index < -0.39 is 0 Å². The molecule has 18 heavy (non-hydrogen) atoms. The first-order valence-electron chi connectivity index (χ1n) is 6.95. The summed E-state index contributed by atoms with van der Waals surface area (Å²) in [5, 5.41) is 6.87. The number of allylic oxidation sites excluding steroid dienone is 2. The topological polar surface area (TPSA) is 44.4 Å². The van der Waals surface area contributed by atoms with Gasteiger partial charge in [0.1, 0.15) is 0 Å². The van der Waals surface area contributed by atoms with Crippen molar-refractivity contribution in [1.82, 2.24) is 15.5 Å². The number of carbonyl (C=O) groups excluding carboxylic acids is 1. The molecular formula is C14H21N3O. The summed E-state index contributed by atoms with van der Waals surface area (Å²) in [6, 6.07) is 1.09. The Bertz CT molecular complexity index is 385. The highest BCUT2D eigenvalue weighted by Crippen LogP contribution is 2.17. The highest BCUT2D eigenvalue weighted by Gasteiger charge is 2.30. The van der Waals surface area contributed by atoms with Crippen LogP contribution in [0.1, 0.15) is 19.3 Å². The van der Waals surface area contributed by atoms with Gasteiger partial charge in [-0.25, -0.2) is 0 Å². The van der Waals surface area contributed by atoms with E-state index in [1.165, 1.54) is 0 Å². The lowest BCUT2D eigenvalue weighted by Gasteiger charge is -2.31. The van der Waals surface area contributed by atoms with E-state index in [2.05, 4.69) is 22.8 Å². The Morgan fingerprint density at radius 3 is 2.89 bits per heavy atom. The molecule has 0 bridgehead atoms. The summed E-state index contributed by atoms with van der Waals surface area (Å²) in [6.45, 7) is 3.89. The van der Waals surface area contributed by atoms with E-state index in [1.54, 1.807) is 0 Å². The molecule has 4 nitrogen and oxygen atoms in total. The van der Waals surface area contributed by atoms with E-state index in [1.807, 2.05) is 11.0 Å². The number of likely N-dealkylation sites (tertiary alicyclic amines) is 1. The smallest absolute Gasteiger partial charge is 0.253 e. The summed E-state index contributed by atoms with van der Waals surface area (Å²) in [4.78, 5) is 14.3. The maximum Gasteiger partial charge on any atom is 0.253 e. The van der Waals surface area contributed by atoms with Crippen LogP contribution in [0.5, 0.6) is 0 Å². The van der Waals surface area contributed by atoms with Crippen LogP contribution in [0.15, 0.2) is 23.8 Å². The molecule has 0 aromatic carbocycles. The van der Waals surface area contributed by atoms with Gasteiger partial charge < -0.3 is 15.5 Å². The van der Waals surface area contributed by atoms with Crippen molar-refractivity contribution in [2.24, 2.45) is 0 Å². The van der Waals surface area contributed by atoms with Crippen LogP contribution in [0.3, 0.4) is 0 Å². The van der Waals surface area contributed by atoms with Gasteiger partial charge in [-0.3, -0.25) is 4.79 Å². The first-order chi connectivity index (χ1) is 8.83. The molecule has 0 spiro atoms. The van der Waals surface area contributed by atoms with Crippen LogP contribution in [0, 0.1) is 0 Å². The van der Waals surface area contributed by atoms with Crippen LogP contribution in [-0.4, -0.2) is 49.1 Å². The molecule has 0 unspecified atom stereocenters. The van der Waals surface area contributed by atoms with E-state index in [9.17, 15) is 4.79 Å². The van der Waals surface area contributed by atoms with Gasteiger partial charge in [-0.05, 0) is 19.3 Å². The third-order valence-electron chi connectivity index (χ3n) is 3.97. The molecule has 1 aliphatic carbocycles. The highest BCUT2D eigenvalue weighted by atomic mass is 16.2. The van der Waals surface area contributed by atoms with E-state index in [-0.39, 0.29) is 5.91 Å². The fourth-order valence-corrected chi connectivity index (χ4v) is 2.78. The van der Waals surface area contributed by atoms with Crippen LogP contribution in [0.25, 0.3) is 0 Å². The second-order valence-electron chi connectivity index (χ2n) is 5.40. The van der Waals surface area contributed by atoms with Crippen molar-refractivity contribution < 1.29 is 4.79 Å². The van der Waals surface area contributed by atoms with Gasteiger partial charge >= 0.3 is 0 Å².